The zero-order valence-electron chi connectivity index (χ0n) is 13.6. The third-order valence-corrected chi connectivity index (χ3v) is 4.98. The van der Waals surface area contributed by atoms with Gasteiger partial charge in [-0.25, -0.2) is 4.68 Å². The lowest BCUT2D eigenvalue weighted by Gasteiger charge is -2.23. The maximum Gasteiger partial charge on any atom is 0.277 e. The molecule has 0 radical (unpaired) electrons. The van der Waals surface area contributed by atoms with E-state index in [1.807, 2.05) is 10.7 Å². The molecule has 0 spiro atoms. The van der Waals surface area contributed by atoms with Gasteiger partial charge >= 0.3 is 0 Å². The Bertz CT molecular complexity index is 803. The molecule has 2 aliphatic rings. The average molecular weight is 327 g/mol. The van der Waals surface area contributed by atoms with Crippen LogP contribution < -0.4 is 0 Å². The summed E-state index contributed by atoms with van der Waals surface area (Å²) in [4.78, 5) is 11.3. The molecule has 1 atom stereocenters. The van der Waals surface area contributed by atoms with Crippen LogP contribution >= 0.6 is 0 Å². The average Bonchev–Trinajstić information content (AvgIpc) is 3.05. The fraction of sp³-hybridized carbons (Fsp3) is 0.500. The normalized spacial score (nSPS) is 21.7. The van der Waals surface area contributed by atoms with Crippen molar-refractivity contribution < 1.29 is 9.66 Å². The van der Waals surface area contributed by atoms with E-state index < -0.39 is 0 Å². The molecule has 0 N–H and O–H groups in total. The summed E-state index contributed by atoms with van der Waals surface area (Å²) in [5.41, 5.74) is 2.94. The van der Waals surface area contributed by atoms with Crippen LogP contribution in [0.3, 0.4) is 0 Å². The number of allylic oxidation sites excluding steroid dienone is 2. The lowest BCUT2D eigenvalue weighted by atomic mass is 9.92. The topological polar surface area (TPSA) is 70.2 Å². The van der Waals surface area contributed by atoms with Crippen LogP contribution in [0.15, 0.2) is 24.4 Å². The van der Waals surface area contributed by atoms with Crippen LogP contribution in [0.1, 0.15) is 56.7 Å². The highest BCUT2D eigenvalue weighted by Gasteiger charge is 2.24. The van der Waals surface area contributed by atoms with Gasteiger partial charge in [0.25, 0.3) is 5.69 Å². The number of nitro benzene ring substituents is 1. The molecular weight excluding hydrogens is 306 g/mol. The third kappa shape index (κ3) is 2.71. The van der Waals surface area contributed by atoms with Gasteiger partial charge in [0.15, 0.2) is 6.23 Å². The molecule has 6 heteroatoms. The number of nitrogens with zero attached hydrogens (tertiary/aromatic N) is 3. The van der Waals surface area contributed by atoms with Gasteiger partial charge in [-0.2, -0.15) is 5.10 Å². The Morgan fingerprint density at radius 2 is 2.17 bits per heavy atom. The largest absolute Gasteiger partial charge is 0.356 e. The monoisotopic (exact) mass is 327 g/mol. The van der Waals surface area contributed by atoms with Crippen LogP contribution in [-0.4, -0.2) is 21.3 Å². The molecule has 1 aromatic heterocycles. The minimum atomic E-state index is -0.279. The lowest BCUT2D eigenvalue weighted by molar-refractivity contribution is -0.385. The Kier molecular flexibility index (Phi) is 4.06. The van der Waals surface area contributed by atoms with Gasteiger partial charge in [0.05, 0.1) is 22.2 Å². The summed E-state index contributed by atoms with van der Waals surface area (Å²) < 4.78 is 7.74. The van der Waals surface area contributed by atoms with Gasteiger partial charge in [0.1, 0.15) is 0 Å². The van der Waals surface area contributed by atoms with E-state index in [-0.39, 0.29) is 16.8 Å². The molecule has 1 aliphatic carbocycles. The van der Waals surface area contributed by atoms with E-state index in [4.69, 9.17) is 4.74 Å². The van der Waals surface area contributed by atoms with Crippen molar-refractivity contribution in [2.75, 3.05) is 6.61 Å². The zero-order chi connectivity index (χ0) is 16.5. The van der Waals surface area contributed by atoms with Gasteiger partial charge < -0.3 is 4.74 Å². The number of benzene rings is 1. The molecule has 24 heavy (non-hydrogen) atoms. The second kappa shape index (κ2) is 6.36. The number of nitro groups is 1. The molecular formula is C18H21N3O3. The molecule has 2 aromatic rings. The number of hydrogen-bond donors (Lipinski definition) is 0. The molecule has 1 fully saturated rings. The predicted molar refractivity (Wildman–Crippen MR) is 91.7 cm³/mol. The Morgan fingerprint density at radius 1 is 1.25 bits per heavy atom. The van der Waals surface area contributed by atoms with Crippen LogP contribution in [-0.2, 0) is 4.74 Å². The molecule has 6 nitrogen and oxygen atoms in total. The molecule has 2 heterocycles. The van der Waals surface area contributed by atoms with Crippen molar-refractivity contribution in [2.45, 2.75) is 51.2 Å². The number of hydrogen-bond acceptors (Lipinski definition) is 4. The summed E-state index contributed by atoms with van der Waals surface area (Å²) in [6.07, 6.45) is 11.1. The van der Waals surface area contributed by atoms with Gasteiger partial charge in [-0.15, -0.1) is 0 Å². The van der Waals surface area contributed by atoms with Crippen molar-refractivity contribution in [3.8, 4) is 0 Å². The van der Waals surface area contributed by atoms with Crippen molar-refractivity contribution >= 4 is 22.2 Å². The first-order chi connectivity index (χ1) is 11.7. The molecule has 1 saturated heterocycles. The number of ether oxygens (including phenoxy) is 1. The highest BCUT2D eigenvalue weighted by molar-refractivity contribution is 5.88. The molecule has 1 aromatic carbocycles. The number of aromatic nitrogens is 2. The highest BCUT2D eigenvalue weighted by atomic mass is 16.6. The van der Waals surface area contributed by atoms with Crippen LogP contribution in [0.2, 0.25) is 0 Å². The molecule has 1 aliphatic heterocycles. The fourth-order valence-corrected chi connectivity index (χ4v) is 3.72. The Morgan fingerprint density at radius 3 is 2.88 bits per heavy atom. The van der Waals surface area contributed by atoms with E-state index in [1.54, 1.807) is 12.3 Å². The minimum absolute atomic E-state index is 0.0640. The Labute approximate surface area is 140 Å². The summed E-state index contributed by atoms with van der Waals surface area (Å²) in [7, 11) is 0. The van der Waals surface area contributed by atoms with Crippen LogP contribution in [0.25, 0.3) is 16.5 Å². The van der Waals surface area contributed by atoms with Crippen molar-refractivity contribution in [3.63, 3.8) is 0 Å². The quantitative estimate of drug-likeness (QED) is 0.610. The van der Waals surface area contributed by atoms with Gasteiger partial charge in [-0.05, 0) is 56.6 Å². The molecule has 4 rings (SSSR count). The van der Waals surface area contributed by atoms with E-state index >= 15 is 0 Å². The summed E-state index contributed by atoms with van der Waals surface area (Å²) in [5, 5.41) is 16.8. The van der Waals surface area contributed by atoms with Crippen molar-refractivity contribution in [1.29, 1.82) is 0 Å². The van der Waals surface area contributed by atoms with E-state index in [2.05, 4.69) is 11.2 Å². The van der Waals surface area contributed by atoms with E-state index in [0.29, 0.717) is 0 Å². The van der Waals surface area contributed by atoms with E-state index in [1.165, 1.54) is 0 Å². The van der Waals surface area contributed by atoms with Gasteiger partial charge in [0, 0.05) is 18.1 Å². The maximum atomic E-state index is 11.5. The standard InChI is InChI=1S/C18H21N3O3/c22-21(23)17-10-14-12-19-20(18-8-4-5-9-24-18)16(14)11-15(17)13-6-2-1-3-7-13/h6,10-12,18H,1-5,7-9H2. The predicted octanol–water partition coefficient (Wildman–Crippen LogP) is 4.60. The second-order valence-electron chi connectivity index (χ2n) is 6.57. The third-order valence-electron chi connectivity index (χ3n) is 4.98. The van der Waals surface area contributed by atoms with E-state index in [0.717, 1.165) is 73.6 Å². The first kappa shape index (κ1) is 15.3. The molecule has 0 bridgehead atoms. The van der Waals surface area contributed by atoms with E-state index in [9.17, 15) is 10.1 Å². The Hall–Kier alpha value is -2.21. The van der Waals surface area contributed by atoms with Gasteiger partial charge in [-0.1, -0.05) is 6.08 Å². The molecule has 1 unspecified atom stereocenters. The zero-order valence-corrected chi connectivity index (χ0v) is 13.6. The molecule has 126 valence electrons. The minimum Gasteiger partial charge on any atom is -0.356 e. The summed E-state index contributed by atoms with van der Waals surface area (Å²) in [6.45, 7) is 0.747. The summed E-state index contributed by atoms with van der Waals surface area (Å²) in [6, 6.07) is 3.60. The van der Waals surface area contributed by atoms with Crippen LogP contribution in [0.5, 0.6) is 0 Å². The van der Waals surface area contributed by atoms with Gasteiger partial charge in [0.2, 0.25) is 0 Å². The molecule has 0 amide bonds. The van der Waals surface area contributed by atoms with Crippen LogP contribution in [0, 0.1) is 10.1 Å². The summed E-state index contributed by atoms with van der Waals surface area (Å²) in [5.74, 6) is 0. The van der Waals surface area contributed by atoms with Crippen molar-refractivity contribution in [3.05, 3.63) is 40.1 Å². The van der Waals surface area contributed by atoms with Crippen molar-refractivity contribution in [1.82, 2.24) is 9.78 Å². The van der Waals surface area contributed by atoms with Crippen LogP contribution in [0.4, 0.5) is 5.69 Å². The highest BCUT2D eigenvalue weighted by Crippen LogP contribution is 2.37. The summed E-state index contributed by atoms with van der Waals surface area (Å²) >= 11 is 0. The fourth-order valence-electron chi connectivity index (χ4n) is 3.72. The van der Waals surface area contributed by atoms with Crippen molar-refractivity contribution in [2.24, 2.45) is 0 Å². The second-order valence-corrected chi connectivity index (χ2v) is 6.57. The first-order valence-electron chi connectivity index (χ1n) is 8.71. The molecule has 0 saturated carbocycles. The first-order valence-corrected chi connectivity index (χ1v) is 8.71. The maximum absolute atomic E-state index is 11.5. The lowest BCUT2D eigenvalue weighted by Crippen LogP contribution is -2.19. The smallest absolute Gasteiger partial charge is 0.277 e. The SMILES string of the molecule is O=[N+]([O-])c1cc2cnn(C3CCCCO3)c2cc1C1=CCCCC1. The number of rotatable bonds is 3. The van der Waals surface area contributed by atoms with Gasteiger partial charge in [-0.3, -0.25) is 10.1 Å². The number of fused-ring (bicyclic) bond motifs is 1. The Balaban J connectivity index is 1.84.